The van der Waals surface area contributed by atoms with Crippen molar-refractivity contribution in [2.45, 2.75) is 31.7 Å². The van der Waals surface area contributed by atoms with Gasteiger partial charge in [0.1, 0.15) is 12.0 Å². The van der Waals surface area contributed by atoms with E-state index >= 15 is 0 Å². The molecule has 1 aromatic heterocycles. The lowest BCUT2D eigenvalue weighted by atomic mass is 9.78. The first-order valence-electron chi connectivity index (χ1n) is 5.64. The number of rotatable bonds is 4. The van der Waals surface area contributed by atoms with Crippen LogP contribution < -0.4 is 11.1 Å². The van der Waals surface area contributed by atoms with Crippen LogP contribution in [0, 0.1) is 17.0 Å². The van der Waals surface area contributed by atoms with Gasteiger partial charge in [0.15, 0.2) is 0 Å². The Hall–Kier alpha value is -1.69. The van der Waals surface area contributed by atoms with Crippen LogP contribution in [-0.2, 0) is 0 Å². The number of nitrogens with one attached hydrogen (secondary N) is 1. The van der Waals surface area contributed by atoms with E-state index in [1.54, 1.807) is 13.0 Å². The molecule has 3 N–H and O–H groups in total. The van der Waals surface area contributed by atoms with Crippen molar-refractivity contribution in [2.75, 3.05) is 11.9 Å². The summed E-state index contributed by atoms with van der Waals surface area (Å²) in [6.07, 6.45) is 4.49. The van der Waals surface area contributed by atoms with Gasteiger partial charge in [-0.25, -0.2) is 4.98 Å². The van der Waals surface area contributed by atoms with E-state index in [4.69, 9.17) is 5.73 Å². The molecule has 1 aliphatic carbocycles. The SMILES string of the molecule is Cc1cc(NCC2(N)CCC2)ncc1[N+](=O)[O-]. The molecule has 1 fully saturated rings. The average Bonchev–Trinajstić information content (AvgIpc) is 2.23. The van der Waals surface area contributed by atoms with Crippen LogP contribution in [0.15, 0.2) is 12.3 Å². The van der Waals surface area contributed by atoms with Crippen molar-refractivity contribution in [1.82, 2.24) is 4.98 Å². The summed E-state index contributed by atoms with van der Waals surface area (Å²) in [6.45, 7) is 2.36. The van der Waals surface area contributed by atoms with Crippen LogP contribution in [0.5, 0.6) is 0 Å². The second kappa shape index (κ2) is 4.29. The van der Waals surface area contributed by atoms with Gasteiger partial charge in [0.25, 0.3) is 5.69 Å². The first-order chi connectivity index (χ1) is 8.00. The summed E-state index contributed by atoms with van der Waals surface area (Å²) >= 11 is 0. The molecule has 17 heavy (non-hydrogen) atoms. The maximum Gasteiger partial charge on any atom is 0.290 e. The molecule has 92 valence electrons. The van der Waals surface area contributed by atoms with Gasteiger partial charge in [0.2, 0.25) is 0 Å². The zero-order chi connectivity index (χ0) is 12.5. The largest absolute Gasteiger partial charge is 0.368 e. The average molecular weight is 236 g/mol. The highest BCUT2D eigenvalue weighted by Gasteiger charge is 2.32. The van der Waals surface area contributed by atoms with Crippen molar-refractivity contribution in [1.29, 1.82) is 0 Å². The zero-order valence-electron chi connectivity index (χ0n) is 9.77. The monoisotopic (exact) mass is 236 g/mol. The standard InChI is InChI=1S/C11H16N4O2/c1-8-5-10(13-6-9(8)15(16)17)14-7-11(12)3-2-4-11/h5-6H,2-4,7,12H2,1H3,(H,13,14). The summed E-state index contributed by atoms with van der Waals surface area (Å²) in [5.74, 6) is 0.643. The van der Waals surface area contributed by atoms with Gasteiger partial charge in [-0.1, -0.05) is 0 Å². The van der Waals surface area contributed by atoms with Crippen LogP contribution in [0.3, 0.4) is 0 Å². The van der Waals surface area contributed by atoms with E-state index < -0.39 is 4.92 Å². The van der Waals surface area contributed by atoms with E-state index in [1.807, 2.05) is 0 Å². The minimum Gasteiger partial charge on any atom is -0.368 e. The third-order valence-electron chi connectivity index (χ3n) is 3.25. The van der Waals surface area contributed by atoms with E-state index in [-0.39, 0.29) is 11.2 Å². The molecule has 6 nitrogen and oxygen atoms in total. The van der Waals surface area contributed by atoms with Gasteiger partial charge in [-0.2, -0.15) is 0 Å². The number of nitro groups is 1. The van der Waals surface area contributed by atoms with Crippen molar-refractivity contribution in [2.24, 2.45) is 5.73 Å². The van der Waals surface area contributed by atoms with E-state index in [2.05, 4.69) is 10.3 Å². The summed E-state index contributed by atoms with van der Waals surface area (Å²) in [6, 6.07) is 1.68. The highest BCUT2D eigenvalue weighted by molar-refractivity contribution is 5.47. The van der Waals surface area contributed by atoms with Crippen molar-refractivity contribution in [3.8, 4) is 0 Å². The lowest BCUT2D eigenvalue weighted by Gasteiger charge is -2.38. The molecule has 1 aliphatic rings. The summed E-state index contributed by atoms with van der Waals surface area (Å²) in [5.41, 5.74) is 6.59. The fourth-order valence-corrected chi connectivity index (χ4v) is 1.91. The van der Waals surface area contributed by atoms with E-state index in [0.29, 0.717) is 17.9 Å². The fraction of sp³-hybridized carbons (Fsp3) is 0.545. The van der Waals surface area contributed by atoms with Crippen molar-refractivity contribution in [3.63, 3.8) is 0 Å². The molecule has 0 aliphatic heterocycles. The Balaban J connectivity index is 2.02. The van der Waals surface area contributed by atoms with Gasteiger partial charge in [0, 0.05) is 17.6 Å². The van der Waals surface area contributed by atoms with Gasteiger partial charge in [0.05, 0.1) is 4.92 Å². The van der Waals surface area contributed by atoms with E-state index in [1.165, 1.54) is 12.6 Å². The van der Waals surface area contributed by atoms with Crippen LogP contribution in [0.4, 0.5) is 11.5 Å². The van der Waals surface area contributed by atoms with Gasteiger partial charge in [-0.15, -0.1) is 0 Å². The van der Waals surface area contributed by atoms with Crippen LogP contribution in [-0.4, -0.2) is 22.0 Å². The second-order valence-corrected chi connectivity index (χ2v) is 4.68. The van der Waals surface area contributed by atoms with Gasteiger partial charge < -0.3 is 11.1 Å². The van der Waals surface area contributed by atoms with Crippen molar-refractivity contribution < 1.29 is 4.92 Å². The molecule has 0 amide bonds. The van der Waals surface area contributed by atoms with Crippen LogP contribution in [0.1, 0.15) is 24.8 Å². The normalized spacial score (nSPS) is 17.3. The lowest BCUT2D eigenvalue weighted by Crippen LogP contribution is -2.52. The maximum absolute atomic E-state index is 10.6. The van der Waals surface area contributed by atoms with Crippen LogP contribution in [0.2, 0.25) is 0 Å². The predicted octanol–water partition coefficient (Wildman–Crippen LogP) is 1.59. The Morgan fingerprint density at radius 2 is 2.35 bits per heavy atom. The number of nitrogens with zero attached hydrogens (tertiary/aromatic N) is 2. The number of nitrogens with two attached hydrogens (primary N) is 1. The molecule has 0 unspecified atom stereocenters. The molecule has 1 saturated carbocycles. The van der Waals surface area contributed by atoms with Crippen molar-refractivity contribution >= 4 is 11.5 Å². The van der Waals surface area contributed by atoms with E-state index in [9.17, 15) is 10.1 Å². The molecule has 0 radical (unpaired) electrons. The fourth-order valence-electron chi connectivity index (χ4n) is 1.91. The molecule has 0 spiro atoms. The summed E-state index contributed by atoms with van der Waals surface area (Å²) in [7, 11) is 0. The Kier molecular flexibility index (Phi) is 2.97. The third kappa shape index (κ3) is 2.52. The van der Waals surface area contributed by atoms with E-state index in [0.717, 1.165) is 12.8 Å². The summed E-state index contributed by atoms with van der Waals surface area (Å²) in [4.78, 5) is 14.2. The number of aromatic nitrogens is 1. The number of hydrogen-bond acceptors (Lipinski definition) is 5. The van der Waals surface area contributed by atoms with Crippen LogP contribution in [0.25, 0.3) is 0 Å². The molecule has 1 aromatic rings. The quantitative estimate of drug-likeness (QED) is 0.611. The Morgan fingerprint density at radius 1 is 1.65 bits per heavy atom. The second-order valence-electron chi connectivity index (χ2n) is 4.68. The topological polar surface area (TPSA) is 94.1 Å². The highest BCUT2D eigenvalue weighted by atomic mass is 16.6. The minimum absolute atomic E-state index is 0.0432. The van der Waals surface area contributed by atoms with Crippen LogP contribution >= 0.6 is 0 Å². The highest BCUT2D eigenvalue weighted by Crippen LogP contribution is 2.29. The number of hydrogen-bond donors (Lipinski definition) is 2. The summed E-state index contributed by atoms with van der Waals surface area (Å²) < 4.78 is 0. The Labute approximate surface area is 99.4 Å². The summed E-state index contributed by atoms with van der Waals surface area (Å²) in [5, 5.41) is 13.8. The van der Waals surface area contributed by atoms with Gasteiger partial charge in [-0.05, 0) is 32.3 Å². The molecule has 0 bridgehead atoms. The Morgan fingerprint density at radius 3 is 2.82 bits per heavy atom. The molecule has 6 heteroatoms. The Bertz CT molecular complexity index is 443. The molecular formula is C11H16N4O2. The molecule has 0 atom stereocenters. The first-order valence-corrected chi connectivity index (χ1v) is 5.64. The molecule has 0 aromatic carbocycles. The smallest absolute Gasteiger partial charge is 0.290 e. The molecule has 0 saturated heterocycles. The molecular weight excluding hydrogens is 220 g/mol. The number of anilines is 1. The van der Waals surface area contributed by atoms with Gasteiger partial charge in [-0.3, -0.25) is 10.1 Å². The molecule has 2 rings (SSSR count). The lowest BCUT2D eigenvalue weighted by molar-refractivity contribution is -0.385. The maximum atomic E-state index is 10.6. The minimum atomic E-state index is -0.428. The first kappa shape index (κ1) is 11.8. The predicted molar refractivity (Wildman–Crippen MR) is 64.9 cm³/mol. The number of pyridine rings is 1. The molecule has 1 heterocycles. The number of aryl methyl sites for hydroxylation is 1. The third-order valence-corrected chi connectivity index (χ3v) is 3.25. The zero-order valence-corrected chi connectivity index (χ0v) is 9.77. The van der Waals surface area contributed by atoms with Crippen molar-refractivity contribution in [3.05, 3.63) is 27.9 Å². The van der Waals surface area contributed by atoms with Gasteiger partial charge >= 0.3 is 0 Å².